The summed E-state index contributed by atoms with van der Waals surface area (Å²) in [5, 5.41) is 9.05. The van der Waals surface area contributed by atoms with Gasteiger partial charge in [0.1, 0.15) is 12.7 Å². The standard InChI is InChI=1S/C8H14O4.C6H9NO/c1-6(2)8(10)12-5-7(9)4-11-3;1-2-7-5-3-4-6(7)8/h7,9H,1,4-5H2,2-3H3;2H,1,3-5H2. The molecular weight excluding hydrogens is 262 g/mol. The topological polar surface area (TPSA) is 76.1 Å². The maximum absolute atomic E-state index is 10.8. The minimum Gasteiger partial charge on any atom is -0.460 e. The number of carbonyl (C=O) groups excluding carboxylic acids is 2. The highest BCUT2D eigenvalue weighted by atomic mass is 16.5. The van der Waals surface area contributed by atoms with E-state index in [0.29, 0.717) is 12.0 Å². The molecule has 0 radical (unpaired) electrons. The Kier molecular flexibility index (Phi) is 9.32. The van der Waals surface area contributed by atoms with E-state index >= 15 is 0 Å². The number of aliphatic hydroxyl groups is 1. The van der Waals surface area contributed by atoms with Crippen LogP contribution in [0.3, 0.4) is 0 Å². The van der Waals surface area contributed by atoms with Crippen molar-refractivity contribution in [3.05, 3.63) is 24.9 Å². The lowest BCUT2D eigenvalue weighted by atomic mass is 10.3. The SMILES string of the molecule is C=C(C)C(=O)OCC(O)COC.C=CN1CCCC1=O. The van der Waals surface area contributed by atoms with Crippen LogP contribution in [-0.2, 0) is 19.1 Å². The zero-order chi connectivity index (χ0) is 15.5. The number of methoxy groups -OCH3 is 1. The molecule has 0 spiro atoms. The Bertz CT molecular complexity index is 353. The molecule has 0 bridgehead atoms. The van der Waals surface area contributed by atoms with Crippen LogP contribution in [-0.4, -0.2) is 54.9 Å². The lowest BCUT2D eigenvalue weighted by Crippen LogP contribution is -2.23. The van der Waals surface area contributed by atoms with Crippen LogP contribution in [0.4, 0.5) is 0 Å². The van der Waals surface area contributed by atoms with Crippen molar-refractivity contribution in [2.45, 2.75) is 25.9 Å². The summed E-state index contributed by atoms with van der Waals surface area (Å²) in [5.41, 5.74) is 0.319. The van der Waals surface area contributed by atoms with Gasteiger partial charge in [0, 0.05) is 25.6 Å². The molecule has 1 aliphatic rings. The minimum absolute atomic E-state index is 0.0560. The van der Waals surface area contributed by atoms with Gasteiger partial charge in [0.25, 0.3) is 0 Å². The smallest absolute Gasteiger partial charge is 0.333 e. The Balaban J connectivity index is 0.000000388. The van der Waals surface area contributed by atoms with Crippen molar-refractivity contribution in [1.82, 2.24) is 4.90 Å². The third kappa shape index (κ3) is 7.70. The van der Waals surface area contributed by atoms with E-state index in [2.05, 4.69) is 22.6 Å². The van der Waals surface area contributed by atoms with Gasteiger partial charge in [0.15, 0.2) is 0 Å². The molecule has 0 saturated carbocycles. The van der Waals surface area contributed by atoms with Crippen molar-refractivity contribution in [1.29, 1.82) is 0 Å². The van der Waals surface area contributed by atoms with E-state index in [4.69, 9.17) is 5.11 Å². The molecule has 114 valence electrons. The fourth-order valence-corrected chi connectivity index (χ4v) is 1.40. The number of hydrogen-bond donors (Lipinski definition) is 1. The van der Waals surface area contributed by atoms with Crippen LogP contribution in [0.2, 0.25) is 0 Å². The molecule has 1 rings (SSSR count). The molecule has 0 aliphatic carbocycles. The number of likely N-dealkylation sites (tertiary alicyclic amines) is 1. The Labute approximate surface area is 119 Å². The summed E-state index contributed by atoms with van der Waals surface area (Å²) < 4.78 is 9.28. The molecule has 1 N–H and O–H groups in total. The predicted molar refractivity (Wildman–Crippen MR) is 74.8 cm³/mol. The van der Waals surface area contributed by atoms with Crippen molar-refractivity contribution in [3.63, 3.8) is 0 Å². The molecule has 1 aliphatic heterocycles. The average molecular weight is 285 g/mol. The van der Waals surface area contributed by atoms with Gasteiger partial charge in [-0.2, -0.15) is 0 Å². The van der Waals surface area contributed by atoms with Gasteiger partial charge in [0.05, 0.1) is 6.61 Å². The number of esters is 1. The van der Waals surface area contributed by atoms with Gasteiger partial charge < -0.3 is 19.5 Å². The second-order valence-corrected chi connectivity index (χ2v) is 4.36. The van der Waals surface area contributed by atoms with Crippen molar-refractivity contribution in [2.75, 3.05) is 26.9 Å². The lowest BCUT2D eigenvalue weighted by molar-refractivity contribution is -0.142. The summed E-state index contributed by atoms with van der Waals surface area (Å²) in [6.45, 7) is 9.40. The molecule has 20 heavy (non-hydrogen) atoms. The van der Waals surface area contributed by atoms with Crippen LogP contribution in [0.1, 0.15) is 19.8 Å². The van der Waals surface area contributed by atoms with Crippen LogP contribution in [0.25, 0.3) is 0 Å². The van der Waals surface area contributed by atoms with Crippen molar-refractivity contribution in [2.24, 2.45) is 0 Å². The predicted octanol–water partition coefficient (Wildman–Crippen LogP) is 0.865. The number of ether oxygens (including phenoxy) is 2. The van der Waals surface area contributed by atoms with E-state index in [-0.39, 0.29) is 19.1 Å². The van der Waals surface area contributed by atoms with Gasteiger partial charge in [-0.3, -0.25) is 4.79 Å². The van der Waals surface area contributed by atoms with Crippen LogP contribution in [0.5, 0.6) is 0 Å². The number of nitrogens with zero attached hydrogens (tertiary/aromatic N) is 1. The molecule has 6 nitrogen and oxygen atoms in total. The minimum atomic E-state index is -0.765. The highest BCUT2D eigenvalue weighted by Crippen LogP contribution is 2.08. The Hall–Kier alpha value is -1.66. The number of carbonyl (C=O) groups is 2. The Morgan fingerprint density at radius 3 is 2.55 bits per heavy atom. The Morgan fingerprint density at radius 2 is 2.20 bits per heavy atom. The summed E-state index contributed by atoms with van der Waals surface area (Å²) in [5.74, 6) is -0.287. The first-order valence-corrected chi connectivity index (χ1v) is 6.34. The maximum Gasteiger partial charge on any atom is 0.333 e. The van der Waals surface area contributed by atoms with Gasteiger partial charge in [0.2, 0.25) is 5.91 Å². The number of rotatable bonds is 6. The first-order chi connectivity index (χ1) is 9.42. The normalized spacial score (nSPS) is 15.2. The second kappa shape index (κ2) is 10.2. The third-order valence-electron chi connectivity index (χ3n) is 2.44. The molecular formula is C14H23NO5. The fourth-order valence-electron chi connectivity index (χ4n) is 1.40. The summed E-state index contributed by atoms with van der Waals surface area (Å²) in [6, 6.07) is 0. The van der Waals surface area contributed by atoms with Gasteiger partial charge in [-0.05, 0) is 19.5 Å². The van der Waals surface area contributed by atoms with Gasteiger partial charge >= 0.3 is 5.97 Å². The van der Waals surface area contributed by atoms with E-state index < -0.39 is 12.1 Å². The van der Waals surface area contributed by atoms with E-state index in [1.807, 2.05) is 0 Å². The highest BCUT2D eigenvalue weighted by Gasteiger charge is 2.16. The molecule has 1 saturated heterocycles. The summed E-state index contributed by atoms with van der Waals surface area (Å²) in [7, 11) is 1.46. The van der Waals surface area contributed by atoms with E-state index in [1.165, 1.54) is 7.11 Å². The molecule has 1 atom stereocenters. The summed E-state index contributed by atoms with van der Waals surface area (Å²) >= 11 is 0. The zero-order valence-corrected chi connectivity index (χ0v) is 12.1. The molecule has 1 heterocycles. The van der Waals surface area contributed by atoms with E-state index in [1.54, 1.807) is 18.0 Å². The number of amides is 1. The molecule has 0 aromatic rings. The summed E-state index contributed by atoms with van der Waals surface area (Å²) in [6.07, 6.45) is 2.52. The monoisotopic (exact) mass is 285 g/mol. The third-order valence-corrected chi connectivity index (χ3v) is 2.44. The van der Waals surface area contributed by atoms with Gasteiger partial charge in [-0.25, -0.2) is 4.79 Å². The quantitative estimate of drug-likeness (QED) is 0.579. The molecule has 1 unspecified atom stereocenters. The van der Waals surface area contributed by atoms with Crippen LogP contribution < -0.4 is 0 Å². The van der Waals surface area contributed by atoms with Crippen molar-refractivity contribution in [3.8, 4) is 0 Å². The van der Waals surface area contributed by atoms with Crippen molar-refractivity contribution >= 4 is 11.9 Å². The number of aliphatic hydroxyl groups excluding tert-OH is 1. The fraction of sp³-hybridized carbons (Fsp3) is 0.571. The first kappa shape index (κ1) is 18.3. The molecule has 1 amide bonds. The Morgan fingerprint density at radius 1 is 1.55 bits per heavy atom. The largest absolute Gasteiger partial charge is 0.460 e. The highest BCUT2D eigenvalue weighted by molar-refractivity contribution is 5.86. The zero-order valence-electron chi connectivity index (χ0n) is 12.1. The van der Waals surface area contributed by atoms with E-state index in [9.17, 15) is 9.59 Å². The average Bonchev–Trinajstić information content (AvgIpc) is 2.82. The van der Waals surface area contributed by atoms with E-state index in [0.717, 1.165) is 13.0 Å². The lowest BCUT2D eigenvalue weighted by Gasteiger charge is -2.09. The second-order valence-electron chi connectivity index (χ2n) is 4.36. The van der Waals surface area contributed by atoms with Crippen LogP contribution in [0, 0.1) is 0 Å². The van der Waals surface area contributed by atoms with Crippen molar-refractivity contribution < 1.29 is 24.2 Å². The summed E-state index contributed by atoms with van der Waals surface area (Å²) in [4.78, 5) is 23.1. The molecule has 0 aromatic carbocycles. The number of hydrogen-bond acceptors (Lipinski definition) is 5. The van der Waals surface area contributed by atoms with Gasteiger partial charge in [-0.15, -0.1) is 0 Å². The van der Waals surface area contributed by atoms with Crippen LogP contribution in [0.15, 0.2) is 24.9 Å². The molecule has 6 heteroatoms. The molecule has 1 fully saturated rings. The first-order valence-electron chi connectivity index (χ1n) is 6.34. The van der Waals surface area contributed by atoms with Crippen LogP contribution >= 0.6 is 0 Å². The van der Waals surface area contributed by atoms with Gasteiger partial charge in [-0.1, -0.05) is 13.2 Å². The maximum atomic E-state index is 10.8. The molecule has 0 aromatic heterocycles.